The highest BCUT2D eigenvalue weighted by atomic mass is 127. The van der Waals surface area contributed by atoms with Crippen LogP contribution in [0.1, 0.15) is 33.6 Å². The predicted octanol–water partition coefficient (Wildman–Crippen LogP) is 0.0178. The van der Waals surface area contributed by atoms with E-state index >= 15 is 0 Å². The van der Waals surface area contributed by atoms with E-state index in [1.165, 1.54) is 18.2 Å². The van der Waals surface area contributed by atoms with Crippen molar-refractivity contribution in [2.45, 2.75) is 18.9 Å². The molecule has 0 saturated carbocycles. The first-order chi connectivity index (χ1) is 12.9. The van der Waals surface area contributed by atoms with Gasteiger partial charge in [0.05, 0.1) is 11.1 Å². The molecule has 9 nitrogen and oxygen atoms in total. The molecule has 0 aromatic heterocycles. The molecule has 142 valence electrons. The average molecular weight is 485 g/mol. The Balaban J connectivity index is 1.81. The molecule has 0 spiro atoms. The van der Waals surface area contributed by atoms with Crippen LogP contribution in [0.5, 0.6) is 5.75 Å². The number of halogens is 1. The lowest BCUT2D eigenvalue weighted by Crippen LogP contribution is -2.54. The zero-order chi connectivity index (χ0) is 19.6. The molecule has 1 fully saturated rings. The molecule has 0 radical (unpaired) electrons. The Labute approximate surface area is 167 Å². The largest absolute Gasteiger partial charge is 0.483 e. The van der Waals surface area contributed by atoms with Crippen LogP contribution in [0.2, 0.25) is 0 Å². The summed E-state index contributed by atoms with van der Waals surface area (Å²) in [6.45, 7) is 0.198. The van der Waals surface area contributed by atoms with E-state index in [2.05, 4.69) is 33.2 Å². The van der Waals surface area contributed by atoms with Crippen molar-refractivity contribution in [3.05, 3.63) is 29.3 Å². The molecule has 10 heteroatoms. The number of carbonyl (C=O) groups excluding carboxylic acids is 5. The number of nitrogens with one attached hydrogen (secondary N) is 2. The van der Waals surface area contributed by atoms with Gasteiger partial charge in [-0.25, -0.2) is 0 Å². The van der Waals surface area contributed by atoms with Gasteiger partial charge in [0.15, 0.2) is 6.61 Å². The summed E-state index contributed by atoms with van der Waals surface area (Å²) in [6, 6.07) is 3.44. The van der Waals surface area contributed by atoms with Gasteiger partial charge in [0.2, 0.25) is 11.8 Å². The maximum atomic E-state index is 12.8. The number of fused-ring (bicyclic) bond motifs is 1. The van der Waals surface area contributed by atoms with Crippen molar-refractivity contribution in [3.8, 4) is 5.75 Å². The summed E-state index contributed by atoms with van der Waals surface area (Å²) < 4.78 is 6.19. The van der Waals surface area contributed by atoms with Crippen LogP contribution in [0, 0.1) is 0 Å². The fraction of sp³-hybridized carbons (Fsp3) is 0.353. The molecule has 27 heavy (non-hydrogen) atoms. The zero-order valence-corrected chi connectivity index (χ0v) is 16.3. The molecule has 2 N–H and O–H groups in total. The minimum absolute atomic E-state index is 0.0221. The topological polar surface area (TPSA) is 122 Å². The second-order valence-corrected chi connectivity index (χ2v) is 7.03. The number of ether oxygens (including phenoxy) is 1. The molecule has 1 aromatic rings. The summed E-state index contributed by atoms with van der Waals surface area (Å²) in [5, 5.41) is 4.78. The standard InChI is InChI=1S/C17H16IN3O6/c18-6-7-19-13(23)8-27-11-3-1-2-9-14(11)17(26)21(16(9)25)10-4-5-12(22)20-15(10)24/h1-3,10H,4-8H2,(H,19,23)(H,20,22,24). The lowest BCUT2D eigenvalue weighted by Gasteiger charge is -2.27. The van der Waals surface area contributed by atoms with Crippen molar-refractivity contribution in [1.82, 2.24) is 15.5 Å². The number of hydrogen-bond acceptors (Lipinski definition) is 6. The van der Waals surface area contributed by atoms with Gasteiger partial charge in [-0.3, -0.25) is 34.2 Å². The van der Waals surface area contributed by atoms with E-state index in [0.717, 1.165) is 9.33 Å². The number of alkyl halides is 1. The zero-order valence-electron chi connectivity index (χ0n) is 14.1. The number of imide groups is 2. The molecule has 3 rings (SSSR count). The van der Waals surface area contributed by atoms with E-state index in [0.29, 0.717) is 6.54 Å². The van der Waals surface area contributed by atoms with Gasteiger partial charge in [-0.15, -0.1) is 0 Å². The fourth-order valence-corrected chi connectivity index (χ4v) is 3.25. The van der Waals surface area contributed by atoms with Crippen LogP contribution in [0.25, 0.3) is 0 Å². The number of hydrogen-bond donors (Lipinski definition) is 2. The minimum Gasteiger partial charge on any atom is -0.483 e. The van der Waals surface area contributed by atoms with Crippen molar-refractivity contribution >= 4 is 52.1 Å². The molecule has 2 heterocycles. The Morgan fingerprint density at radius 3 is 2.74 bits per heavy atom. The van der Waals surface area contributed by atoms with Crippen LogP contribution in [-0.2, 0) is 14.4 Å². The Morgan fingerprint density at radius 1 is 1.26 bits per heavy atom. The Kier molecular flexibility index (Phi) is 5.73. The third-order valence-corrected chi connectivity index (χ3v) is 4.74. The monoisotopic (exact) mass is 485 g/mol. The molecule has 0 bridgehead atoms. The molecule has 5 amide bonds. The second kappa shape index (κ2) is 8.03. The van der Waals surface area contributed by atoms with Crippen LogP contribution in [-0.4, -0.2) is 58.1 Å². The maximum Gasteiger partial charge on any atom is 0.266 e. The van der Waals surface area contributed by atoms with Gasteiger partial charge < -0.3 is 10.1 Å². The molecule has 2 aliphatic heterocycles. The highest BCUT2D eigenvalue weighted by Crippen LogP contribution is 2.33. The molecule has 1 saturated heterocycles. The second-order valence-electron chi connectivity index (χ2n) is 5.95. The third kappa shape index (κ3) is 3.80. The Hall–Kier alpha value is -2.50. The van der Waals surface area contributed by atoms with Crippen LogP contribution in [0.4, 0.5) is 0 Å². The van der Waals surface area contributed by atoms with Crippen LogP contribution in [0.3, 0.4) is 0 Å². The van der Waals surface area contributed by atoms with Crippen molar-refractivity contribution in [1.29, 1.82) is 0 Å². The quantitative estimate of drug-likeness (QED) is 0.333. The van der Waals surface area contributed by atoms with Crippen molar-refractivity contribution in [3.63, 3.8) is 0 Å². The number of nitrogens with zero attached hydrogens (tertiary/aromatic N) is 1. The number of rotatable bonds is 6. The van der Waals surface area contributed by atoms with Crippen LogP contribution >= 0.6 is 22.6 Å². The lowest BCUT2D eigenvalue weighted by atomic mass is 10.0. The number of carbonyl (C=O) groups is 5. The maximum absolute atomic E-state index is 12.8. The van der Waals surface area contributed by atoms with Crippen LogP contribution in [0.15, 0.2) is 18.2 Å². The fourth-order valence-electron chi connectivity index (χ4n) is 2.99. The summed E-state index contributed by atoms with van der Waals surface area (Å²) in [4.78, 5) is 61.5. The van der Waals surface area contributed by atoms with E-state index in [9.17, 15) is 24.0 Å². The molecule has 1 unspecified atom stereocenters. The lowest BCUT2D eigenvalue weighted by molar-refractivity contribution is -0.136. The summed E-state index contributed by atoms with van der Waals surface area (Å²) >= 11 is 2.12. The van der Waals surface area contributed by atoms with Gasteiger partial charge in [0.1, 0.15) is 11.8 Å². The summed E-state index contributed by atoms with van der Waals surface area (Å²) in [7, 11) is 0. The van der Waals surface area contributed by atoms with Gasteiger partial charge in [-0.05, 0) is 18.6 Å². The smallest absolute Gasteiger partial charge is 0.266 e. The SMILES string of the molecule is O=C(COc1cccc2c1C(=O)N(C1CCC(=O)NC1=O)C2=O)NCCI. The molecule has 1 atom stereocenters. The number of benzene rings is 1. The molecule has 0 aliphatic carbocycles. The Bertz CT molecular complexity index is 840. The van der Waals surface area contributed by atoms with E-state index in [1.807, 2.05) is 0 Å². The summed E-state index contributed by atoms with van der Waals surface area (Å²) in [5.74, 6) is -2.65. The van der Waals surface area contributed by atoms with Crippen molar-refractivity contribution in [2.24, 2.45) is 0 Å². The van der Waals surface area contributed by atoms with Gasteiger partial charge in [-0.1, -0.05) is 28.7 Å². The van der Waals surface area contributed by atoms with Crippen molar-refractivity contribution in [2.75, 3.05) is 17.6 Å². The summed E-state index contributed by atoms with van der Waals surface area (Å²) in [5.41, 5.74) is 0.128. The summed E-state index contributed by atoms with van der Waals surface area (Å²) in [6.07, 6.45) is 0.120. The third-order valence-electron chi connectivity index (χ3n) is 4.21. The Morgan fingerprint density at radius 2 is 2.04 bits per heavy atom. The van der Waals surface area contributed by atoms with Crippen molar-refractivity contribution < 1.29 is 28.7 Å². The van der Waals surface area contributed by atoms with Gasteiger partial charge in [0, 0.05) is 17.4 Å². The highest BCUT2D eigenvalue weighted by Gasteiger charge is 2.46. The number of amides is 5. The molecule has 1 aromatic carbocycles. The van der Waals surface area contributed by atoms with Crippen LogP contribution < -0.4 is 15.4 Å². The first-order valence-electron chi connectivity index (χ1n) is 8.24. The van der Waals surface area contributed by atoms with Gasteiger partial charge in [-0.2, -0.15) is 0 Å². The molecular formula is C17H16IN3O6. The average Bonchev–Trinajstić information content (AvgIpc) is 2.90. The highest BCUT2D eigenvalue weighted by molar-refractivity contribution is 14.1. The van der Waals surface area contributed by atoms with Gasteiger partial charge in [0.25, 0.3) is 17.7 Å². The van der Waals surface area contributed by atoms with Gasteiger partial charge >= 0.3 is 0 Å². The van der Waals surface area contributed by atoms with E-state index < -0.39 is 29.7 Å². The first-order valence-corrected chi connectivity index (χ1v) is 9.76. The predicted molar refractivity (Wildman–Crippen MR) is 101 cm³/mol. The van der Waals surface area contributed by atoms with E-state index in [4.69, 9.17) is 4.74 Å². The first kappa shape index (κ1) is 19.3. The van der Waals surface area contributed by atoms with E-state index in [-0.39, 0.29) is 42.2 Å². The van der Waals surface area contributed by atoms with E-state index in [1.54, 1.807) is 0 Å². The molecule has 2 aliphatic rings. The number of piperidine rings is 1. The minimum atomic E-state index is -1.05. The molecular weight excluding hydrogens is 469 g/mol. The normalized spacial score (nSPS) is 19.0.